The largest absolute Gasteiger partial charge is 0.496 e. The highest BCUT2D eigenvalue weighted by Crippen LogP contribution is 2.44. The number of carbonyl (C=O) groups is 1. The molecule has 1 aliphatic rings. The molecule has 172 valence electrons. The van der Waals surface area contributed by atoms with Crippen LogP contribution in [0.25, 0.3) is 10.9 Å². The molecule has 2 aromatic rings. The normalized spacial score (nSPS) is 15.8. The molecular weight excluding hydrogens is 391 g/mol. The van der Waals surface area contributed by atoms with Crippen molar-refractivity contribution in [1.29, 1.82) is 0 Å². The molecule has 4 nitrogen and oxygen atoms in total. The van der Waals surface area contributed by atoms with E-state index < -0.39 is 0 Å². The van der Waals surface area contributed by atoms with Gasteiger partial charge in [-0.25, -0.2) is 4.39 Å². The Bertz CT molecular complexity index is 857. The van der Waals surface area contributed by atoms with Crippen molar-refractivity contribution >= 4 is 16.8 Å². The van der Waals surface area contributed by atoms with Gasteiger partial charge in [-0.15, -0.1) is 0 Å². The average Bonchev–Trinajstić information content (AvgIpc) is 3.12. The molecule has 0 radical (unpaired) electrons. The Kier molecular flexibility index (Phi) is 8.79. The Balaban J connectivity index is 1.64. The fourth-order valence-corrected chi connectivity index (χ4v) is 5.37. The number of fused-ring (bicyclic) bond motifs is 3. The van der Waals surface area contributed by atoms with Gasteiger partial charge in [-0.3, -0.25) is 4.79 Å². The molecule has 3 rings (SSSR count). The fraction of sp³-hybridized carbons (Fsp3) is 0.654. The smallest absolute Gasteiger partial charge is 0.222 e. The van der Waals surface area contributed by atoms with Gasteiger partial charge in [0, 0.05) is 30.6 Å². The minimum absolute atomic E-state index is 0.287. The molecule has 0 saturated carbocycles. The molecule has 1 aromatic heterocycles. The van der Waals surface area contributed by atoms with E-state index in [1.54, 1.807) is 7.11 Å². The predicted octanol–water partition coefficient (Wildman–Crippen LogP) is 6.25. The topological polar surface area (TPSA) is 34.5 Å². The molecule has 1 aromatic carbocycles. The molecule has 1 aliphatic carbocycles. The minimum atomic E-state index is -0.343. The lowest BCUT2D eigenvalue weighted by Gasteiger charge is -2.25. The Morgan fingerprint density at radius 2 is 1.97 bits per heavy atom. The number of carbonyl (C=O) groups excluding carboxylic acids is 1. The van der Waals surface area contributed by atoms with E-state index in [-0.39, 0.29) is 12.6 Å². The maximum atomic E-state index is 13.3. The first kappa shape index (κ1) is 23.6. The molecule has 0 N–H and O–H groups in total. The van der Waals surface area contributed by atoms with Crippen LogP contribution in [0.4, 0.5) is 4.39 Å². The van der Waals surface area contributed by atoms with Gasteiger partial charge in [0.2, 0.25) is 5.91 Å². The summed E-state index contributed by atoms with van der Waals surface area (Å²) in [5.74, 6) is 1.71. The van der Waals surface area contributed by atoms with Gasteiger partial charge < -0.3 is 14.2 Å². The van der Waals surface area contributed by atoms with Crippen molar-refractivity contribution in [3.63, 3.8) is 0 Å². The number of halogens is 1. The second kappa shape index (κ2) is 11.5. The van der Waals surface area contributed by atoms with Crippen LogP contribution >= 0.6 is 0 Å². The number of hydrogen-bond donors (Lipinski definition) is 0. The van der Waals surface area contributed by atoms with Crippen molar-refractivity contribution in [2.75, 3.05) is 26.9 Å². The number of amides is 1. The van der Waals surface area contributed by atoms with Gasteiger partial charge in [0.25, 0.3) is 0 Å². The van der Waals surface area contributed by atoms with Crippen LogP contribution in [0.1, 0.15) is 82.4 Å². The zero-order valence-electron chi connectivity index (χ0n) is 19.6. The molecule has 0 saturated heterocycles. The van der Waals surface area contributed by atoms with Crippen LogP contribution in [0.2, 0.25) is 0 Å². The lowest BCUT2D eigenvalue weighted by atomic mass is 9.81. The van der Waals surface area contributed by atoms with Gasteiger partial charge in [-0.2, -0.15) is 0 Å². The first-order valence-electron chi connectivity index (χ1n) is 12.2. The molecule has 5 heteroatoms. The lowest BCUT2D eigenvalue weighted by Crippen LogP contribution is -2.30. The third-order valence-corrected chi connectivity index (χ3v) is 6.91. The Morgan fingerprint density at radius 3 is 2.68 bits per heavy atom. The molecule has 1 unspecified atom stereocenters. The summed E-state index contributed by atoms with van der Waals surface area (Å²) in [5.41, 5.74) is 3.84. The fourth-order valence-electron chi connectivity index (χ4n) is 5.37. The van der Waals surface area contributed by atoms with E-state index in [4.69, 9.17) is 4.74 Å². The highest BCUT2D eigenvalue weighted by Gasteiger charge is 2.28. The minimum Gasteiger partial charge on any atom is -0.496 e. The molecule has 1 heterocycles. The quantitative estimate of drug-likeness (QED) is 0.373. The zero-order valence-corrected chi connectivity index (χ0v) is 19.6. The number of unbranched alkanes of at least 4 members (excludes halogenated alkanes) is 3. The van der Waals surface area contributed by atoms with Crippen molar-refractivity contribution < 1.29 is 13.9 Å². The molecule has 1 atom stereocenters. The third-order valence-electron chi connectivity index (χ3n) is 6.91. The van der Waals surface area contributed by atoms with Crippen LogP contribution in [-0.2, 0) is 17.8 Å². The molecule has 0 bridgehead atoms. The first-order valence-corrected chi connectivity index (χ1v) is 12.2. The molecule has 1 amide bonds. The predicted molar refractivity (Wildman–Crippen MR) is 126 cm³/mol. The van der Waals surface area contributed by atoms with Crippen LogP contribution in [0.15, 0.2) is 18.2 Å². The van der Waals surface area contributed by atoms with Crippen molar-refractivity contribution in [3.8, 4) is 5.75 Å². The van der Waals surface area contributed by atoms with Crippen LogP contribution in [0.5, 0.6) is 5.75 Å². The van der Waals surface area contributed by atoms with Gasteiger partial charge in [0.15, 0.2) is 0 Å². The summed E-state index contributed by atoms with van der Waals surface area (Å²) in [6.07, 6.45) is 9.64. The average molecular weight is 431 g/mol. The van der Waals surface area contributed by atoms with E-state index in [0.717, 1.165) is 56.5 Å². The zero-order chi connectivity index (χ0) is 22.2. The maximum absolute atomic E-state index is 13.3. The van der Waals surface area contributed by atoms with Crippen molar-refractivity contribution in [2.45, 2.75) is 84.1 Å². The van der Waals surface area contributed by atoms with Gasteiger partial charge in [-0.1, -0.05) is 25.3 Å². The van der Waals surface area contributed by atoms with Crippen molar-refractivity contribution in [2.24, 2.45) is 0 Å². The summed E-state index contributed by atoms with van der Waals surface area (Å²) < 4.78 is 21.2. The third kappa shape index (κ3) is 5.24. The number of aryl methyl sites for hydroxylation is 1. The SMILES string of the molecule is CCN(CC)C(=O)CCCCCCC1CCCc2c1c1c(OC)cccc1n2CCF. The first-order chi connectivity index (χ1) is 15.2. The summed E-state index contributed by atoms with van der Waals surface area (Å²) in [4.78, 5) is 14.1. The summed E-state index contributed by atoms with van der Waals surface area (Å²) in [7, 11) is 1.73. The number of nitrogens with zero attached hydrogens (tertiary/aromatic N) is 2. The number of methoxy groups -OCH3 is 1. The van der Waals surface area contributed by atoms with Crippen LogP contribution in [-0.4, -0.2) is 42.2 Å². The van der Waals surface area contributed by atoms with E-state index in [2.05, 4.69) is 10.6 Å². The number of rotatable bonds is 12. The number of benzene rings is 1. The summed E-state index contributed by atoms with van der Waals surface area (Å²) in [6, 6.07) is 6.15. The number of hydrogen-bond acceptors (Lipinski definition) is 2. The highest BCUT2D eigenvalue weighted by atomic mass is 19.1. The second-order valence-corrected chi connectivity index (χ2v) is 8.66. The van der Waals surface area contributed by atoms with Crippen LogP contribution in [0, 0.1) is 0 Å². The Labute approximate surface area is 186 Å². The van der Waals surface area contributed by atoms with Gasteiger partial charge in [-0.05, 0) is 69.6 Å². The Morgan fingerprint density at radius 1 is 1.19 bits per heavy atom. The van der Waals surface area contributed by atoms with E-state index in [0.29, 0.717) is 18.9 Å². The lowest BCUT2D eigenvalue weighted by molar-refractivity contribution is -0.130. The standard InChI is InChI=1S/C26H39FN2O2/c1-4-28(5-2)24(30)17-9-7-6-8-12-20-13-10-14-21-25(20)26-22(29(21)19-18-27)15-11-16-23(26)31-3/h11,15-16,20H,4-10,12-14,17-19H2,1-3H3. The van der Waals surface area contributed by atoms with Crippen LogP contribution < -0.4 is 4.74 Å². The molecular formula is C26H39FN2O2. The number of ether oxygens (including phenoxy) is 1. The molecule has 31 heavy (non-hydrogen) atoms. The van der Waals surface area contributed by atoms with Crippen molar-refractivity contribution in [3.05, 3.63) is 29.5 Å². The Hall–Kier alpha value is -2.04. The van der Waals surface area contributed by atoms with Crippen molar-refractivity contribution in [1.82, 2.24) is 9.47 Å². The highest BCUT2D eigenvalue weighted by molar-refractivity contribution is 5.92. The van der Waals surface area contributed by atoms with Gasteiger partial charge in [0.1, 0.15) is 12.4 Å². The van der Waals surface area contributed by atoms with E-state index in [1.165, 1.54) is 35.9 Å². The van der Waals surface area contributed by atoms with Crippen LogP contribution in [0.3, 0.4) is 0 Å². The number of alkyl halides is 1. The van der Waals surface area contributed by atoms with E-state index in [1.807, 2.05) is 30.9 Å². The van der Waals surface area contributed by atoms with E-state index >= 15 is 0 Å². The molecule has 0 spiro atoms. The maximum Gasteiger partial charge on any atom is 0.222 e. The second-order valence-electron chi connectivity index (χ2n) is 8.66. The van der Waals surface area contributed by atoms with Gasteiger partial charge >= 0.3 is 0 Å². The molecule has 0 aliphatic heterocycles. The summed E-state index contributed by atoms with van der Waals surface area (Å²) in [6.45, 7) is 5.77. The molecule has 0 fully saturated rings. The van der Waals surface area contributed by atoms with E-state index in [9.17, 15) is 9.18 Å². The summed E-state index contributed by atoms with van der Waals surface area (Å²) >= 11 is 0. The van der Waals surface area contributed by atoms with Gasteiger partial charge in [0.05, 0.1) is 19.2 Å². The number of aromatic nitrogens is 1. The summed E-state index contributed by atoms with van der Waals surface area (Å²) in [5, 5.41) is 1.20. The monoisotopic (exact) mass is 430 g/mol.